The lowest BCUT2D eigenvalue weighted by Gasteiger charge is -2.42. The predicted molar refractivity (Wildman–Crippen MR) is 127 cm³/mol. The van der Waals surface area contributed by atoms with Gasteiger partial charge in [-0.25, -0.2) is 18.6 Å². The van der Waals surface area contributed by atoms with E-state index < -0.39 is 47.8 Å². The summed E-state index contributed by atoms with van der Waals surface area (Å²) in [6.07, 6.45) is 0.0400. The van der Waals surface area contributed by atoms with Crippen LogP contribution in [0.15, 0.2) is 42.6 Å². The van der Waals surface area contributed by atoms with E-state index in [4.69, 9.17) is 4.74 Å². The Morgan fingerprint density at radius 2 is 1.80 bits per heavy atom. The Hall–Kier alpha value is -3.56. The highest BCUT2D eigenvalue weighted by atomic mass is 19.3. The fourth-order valence-corrected chi connectivity index (χ4v) is 3.81. The highest BCUT2D eigenvalue weighted by Gasteiger charge is 2.48. The molecule has 10 heteroatoms. The van der Waals surface area contributed by atoms with Crippen molar-refractivity contribution in [2.45, 2.75) is 58.6 Å². The van der Waals surface area contributed by atoms with Crippen LogP contribution in [0.1, 0.15) is 51.3 Å². The van der Waals surface area contributed by atoms with Crippen LogP contribution in [0.3, 0.4) is 0 Å². The van der Waals surface area contributed by atoms with Gasteiger partial charge < -0.3 is 15.0 Å². The summed E-state index contributed by atoms with van der Waals surface area (Å²) in [6.45, 7) is 7.97. The van der Waals surface area contributed by atoms with E-state index in [2.05, 4.69) is 15.6 Å². The molecule has 0 saturated carbocycles. The topological polar surface area (TPSA) is 101 Å². The van der Waals surface area contributed by atoms with Crippen LogP contribution < -0.4 is 10.6 Å². The summed E-state index contributed by atoms with van der Waals surface area (Å²) in [5.41, 5.74) is 0.604. The molecule has 0 radical (unpaired) electrons. The number of nitrogens with zero attached hydrogens (tertiary/aromatic N) is 2. The third kappa shape index (κ3) is 6.52. The van der Waals surface area contributed by atoms with Gasteiger partial charge in [-0.3, -0.25) is 14.9 Å². The van der Waals surface area contributed by atoms with E-state index in [1.54, 1.807) is 58.0 Å². The molecule has 0 spiro atoms. The number of alkyl halides is 2. The Bertz CT molecular complexity index is 1100. The molecule has 0 unspecified atom stereocenters. The summed E-state index contributed by atoms with van der Waals surface area (Å²) in [5, 5.41) is 5.01. The first kappa shape index (κ1) is 26.1. The molecule has 188 valence electrons. The second-order valence-corrected chi connectivity index (χ2v) is 9.72. The zero-order valence-electron chi connectivity index (χ0n) is 20.4. The van der Waals surface area contributed by atoms with Crippen LogP contribution in [-0.4, -0.2) is 45.9 Å². The van der Waals surface area contributed by atoms with Crippen LogP contribution in [0, 0.1) is 12.8 Å². The minimum Gasteiger partial charge on any atom is -0.444 e. The largest absolute Gasteiger partial charge is 0.444 e. The second-order valence-electron chi connectivity index (χ2n) is 9.72. The number of rotatable bonds is 3. The van der Waals surface area contributed by atoms with Gasteiger partial charge in [0.05, 0.1) is 17.9 Å². The number of carbonyl (C=O) groups excluding carboxylic acids is 3. The van der Waals surface area contributed by atoms with E-state index in [1.807, 2.05) is 0 Å². The zero-order chi connectivity index (χ0) is 26.0. The minimum atomic E-state index is -2.97. The highest BCUT2D eigenvalue weighted by Crippen LogP contribution is 2.43. The lowest BCUT2D eigenvalue weighted by Crippen LogP contribution is -2.52. The summed E-state index contributed by atoms with van der Waals surface area (Å²) < 4.78 is 34.2. The van der Waals surface area contributed by atoms with Crippen molar-refractivity contribution < 1.29 is 27.9 Å². The van der Waals surface area contributed by atoms with E-state index in [-0.39, 0.29) is 18.1 Å². The van der Waals surface area contributed by atoms with Gasteiger partial charge in [0.25, 0.3) is 5.92 Å². The van der Waals surface area contributed by atoms with Crippen LogP contribution in [0.2, 0.25) is 0 Å². The number of amides is 3. The van der Waals surface area contributed by atoms with Crippen LogP contribution in [0.4, 0.5) is 25.1 Å². The Morgan fingerprint density at radius 3 is 2.40 bits per heavy atom. The van der Waals surface area contributed by atoms with Gasteiger partial charge in [0.2, 0.25) is 0 Å². The number of ether oxygens (including phenoxy) is 1. The summed E-state index contributed by atoms with van der Waals surface area (Å²) in [6, 6.07) is 9.10. The molecule has 2 N–H and O–H groups in total. The maximum absolute atomic E-state index is 14.5. The van der Waals surface area contributed by atoms with Crippen molar-refractivity contribution in [1.82, 2.24) is 9.88 Å². The summed E-state index contributed by atoms with van der Waals surface area (Å²) in [5.74, 6) is -5.69. The zero-order valence-corrected chi connectivity index (χ0v) is 20.4. The smallest absolute Gasteiger partial charge is 0.413 e. The Morgan fingerprint density at radius 1 is 1.14 bits per heavy atom. The molecule has 8 nitrogen and oxygen atoms in total. The minimum absolute atomic E-state index is 0.224. The normalized spacial score (nSPS) is 19.6. The number of pyridine rings is 1. The average Bonchev–Trinajstić information content (AvgIpc) is 2.76. The first-order valence-electron chi connectivity index (χ1n) is 11.3. The Kier molecular flexibility index (Phi) is 7.42. The molecule has 2 atom stereocenters. The van der Waals surface area contributed by atoms with E-state index in [0.717, 1.165) is 0 Å². The summed E-state index contributed by atoms with van der Waals surface area (Å²) in [7, 11) is 0. The predicted octanol–water partition coefficient (Wildman–Crippen LogP) is 4.92. The maximum atomic E-state index is 14.5. The Labute approximate surface area is 203 Å². The highest BCUT2D eigenvalue weighted by molar-refractivity contribution is 6.39. The number of carbonyl (C=O) groups is 3. The van der Waals surface area contributed by atoms with Gasteiger partial charge in [0, 0.05) is 18.9 Å². The van der Waals surface area contributed by atoms with Crippen molar-refractivity contribution in [3.63, 3.8) is 0 Å². The van der Waals surface area contributed by atoms with Gasteiger partial charge in [-0.1, -0.05) is 37.3 Å². The van der Waals surface area contributed by atoms with Gasteiger partial charge in [-0.05, 0) is 44.9 Å². The maximum Gasteiger partial charge on any atom is 0.413 e. The molecular formula is C25H30F2N4O4. The standard InChI is InChI=1S/C25H30F2N4O4/c1-15-11-18(13-28-20(15)30-23(34)35-24(3,4)5)29-21(32)22(33)31-14-16(2)25(26,27)12-19(31)17-9-7-6-8-10-17/h6-11,13,16,19H,12,14H2,1-5H3,(H,29,32)(H,28,30,34)/t16-,19-/m1/s1. The molecule has 35 heavy (non-hydrogen) atoms. The fourth-order valence-electron chi connectivity index (χ4n) is 3.81. The molecule has 0 aliphatic carbocycles. The molecular weight excluding hydrogens is 458 g/mol. The molecule has 1 aromatic carbocycles. The molecule has 3 rings (SSSR count). The first-order valence-corrected chi connectivity index (χ1v) is 11.3. The monoisotopic (exact) mass is 488 g/mol. The molecule has 0 bridgehead atoms. The SMILES string of the molecule is Cc1cc(NC(=O)C(=O)N2C[C@@H](C)C(F)(F)C[C@@H]2c2ccccc2)cnc1NC(=O)OC(C)(C)C. The van der Waals surface area contributed by atoms with Crippen LogP contribution in [0.5, 0.6) is 0 Å². The first-order chi connectivity index (χ1) is 16.3. The number of benzene rings is 1. The number of halogens is 2. The van der Waals surface area contributed by atoms with Gasteiger partial charge in [0.15, 0.2) is 0 Å². The van der Waals surface area contributed by atoms with Crippen molar-refractivity contribution in [1.29, 1.82) is 0 Å². The van der Waals surface area contributed by atoms with Crippen LogP contribution >= 0.6 is 0 Å². The van der Waals surface area contributed by atoms with Crippen LogP contribution in [0.25, 0.3) is 0 Å². The molecule has 3 amide bonds. The third-order valence-electron chi connectivity index (χ3n) is 5.63. The Balaban J connectivity index is 1.73. The number of hydrogen-bond acceptors (Lipinski definition) is 5. The second kappa shape index (κ2) is 9.97. The average molecular weight is 489 g/mol. The number of piperidine rings is 1. The van der Waals surface area contributed by atoms with Gasteiger partial charge in [0.1, 0.15) is 11.4 Å². The van der Waals surface area contributed by atoms with E-state index in [1.165, 1.54) is 24.1 Å². The van der Waals surface area contributed by atoms with Crippen molar-refractivity contribution >= 4 is 29.4 Å². The van der Waals surface area contributed by atoms with E-state index in [9.17, 15) is 23.2 Å². The lowest BCUT2D eigenvalue weighted by atomic mass is 9.86. The molecule has 1 aliphatic heterocycles. The number of nitrogens with one attached hydrogen (secondary N) is 2. The van der Waals surface area contributed by atoms with Crippen molar-refractivity contribution in [3.8, 4) is 0 Å². The van der Waals surface area contributed by atoms with Crippen molar-refractivity contribution in [2.75, 3.05) is 17.2 Å². The summed E-state index contributed by atoms with van der Waals surface area (Å²) >= 11 is 0. The molecule has 1 aromatic heterocycles. The third-order valence-corrected chi connectivity index (χ3v) is 5.63. The number of likely N-dealkylation sites (tertiary alicyclic amines) is 1. The number of hydrogen-bond donors (Lipinski definition) is 2. The molecule has 2 heterocycles. The van der Waals surface area contributed by atoms with Gasteiger partial charge in [-0.2, -0.15) is 0 Å². The van der Waals surface area contributed by atoms with Crippen LogP contribution in [-0.2, 0) is 14.3 Å². The molecule has 1 saturated heterocycles. The van der Waals surface area contributed by atoms with E-state index >= 15 is 0 Å². The van der Waals surface area contributed by atoms with E-state index in [0.29, 0.717) is 11.1 Å². The fraction of sp³-hybridized carbons (Fsp3) is 0.440. The molecule has 2 aromatic rings. The number of aryl methyl sites for hydroxylation is 1. The van der Waals surface area contributed by atoms with Crippen molar-refractivity contribution in [2.24, 2.45) is 5.92 Å². The number of anilines is 2. The molecule has 1 fully saturated rings. The molecule has 1 aliphatic rings. The van der Waals surface area contributed by atoms with Gasteiger partial charge in [-0.15, -0.1) is 0 Å². The van der Waals surface area contributed by atoms with Gasteiger partial charge >= 0.3 is 17.9 Å². The van der Waals surface area contributed by atoms with Crippen molar-refractivity contribution in [3.05, 3.63) is 53.7 Å². The lowest BCUT2D eigenvalue weighted by molar-refractivity contribution is -0.159. The summed E-state index contributed by atoms with van der Waals surface area (Å²) in [4.78, 5) is 43.1. The number of aromatic nitrogens is 1. The quantitative estimate of drug-likeness (QED) is 0.598.